The molecular formula is C13H13NO2S3. The third-order valence-corrected chi connectivity index (χ3v) is 6.08. The Bertz CT molecular complexity index is 648. The zero-order valence-electron chi connectivity index (χ0n) is 10.1. The van der Waals surface area contributed by atoms with Gasteiger partial charge in [-0.25, -0.2) is 8.42 Å². The summed E-state index contributed by atoms with van der Waals surface area (Å²) in [5.41, 5.74) is 0.600. The second-order valence-corrected chi connectivity index (χ2v) is 7.55. The molecule has 0 radical (unpaired) electrons. The molecule has 0 aliphatic rings. The minimum absolute atomic E-state index is 0.316. The van der Waals surface area contributed by atoms with Crippen LogP contribution in [0.1, 0.15) is 0 Å². The molecule has 1 aromatic carbocycles. The maximum absolute atomic E-state index is 12.2. The van der Waals surface area contributed by atoms with Crippen LogP contribution in [-0.4, -0.2) is 14.2 Å². The lowest BCUT2D eigenvalue weighted by Crippen LogP contribution is -2.12. The quantitative estimate of drug-likeness (QED) is 0.651. The SMILES string of the molecule is C=CCSc1ccccc1NS(=O)(=O)c1cccs1. The number of benzene rings is 1. The summed E-state index contributed by atoms with van der Waals surface area (Å²) in [6.45, 7) is 3.66. The molecule has 0 atom stereocenters. The summed E-state index contributed by atoms with van der Waals surface area (Å²) in [4.78, 5) is 0.891. The van der Waals surface area contributed by atoms with Gasteiger partial charge in [0.25, 0.3) is 10.0 Å². The van der Waals surface area contributed by atoms with Crippen molar-refractivity contribution in [2.24, 2.45) is 0 Å². The van der Waals surface area contributed by atoms with E-state index < -0.39 is 10.0 Å². The number of para-hydroxylation sites is 1. The van der Waals surface area contributed by atoms with Gasteiger partial charge >= 0.3 is 0 Å². The maximum Gasteiger partial charge on any atom is 0.271 e. The average Bonchev–Trinajstić information content (AvgIpc) is 2.92. The summed E-state index contributed by atoms with van der Waals surface area (Å²) in [5, 5.41) is 1.74. The summed E-state index contributed by atoms with van der Waals surface area (Å²) in [6.07, 6.45) is 1.79. The predicted molar refractivity (Wildman–Crippen MR) is 82.5 cm³/mol. The monoisotopic (exact) mass is 311 g/mol. The van der Waals surface area contributed by atoms with Crippen LogP contribution >= 0.6 is 23.1 Å². The Labute approximate surface area is 121 Å². The van der Waals surface area contributed by atoms with E-state index in [1.807, 2.05) is 18.2 Å². The predicted octanol–water partition coefficient (Wildman–Crippen LogP) is 3.83. The Morgan fingerprint density at radius 2 is 2.05 bits per heavy atom. The first-order valence-electron chi connectivity index (χ1n) is 5.52. The van der Waals surface area contributed by atoms with Crippen molar-refractivity contribution in [3.8, 4) is 0 Å². The third-order valence-electron chi connectivity index (χ3n) is 2.25. The van der Waals surface area contributed by atoms with Gasteiger partial charge in [0.15, 0.2) is 0 Å². The van der Waals surface area contributed by atoms with E-state index in [0.717, 1.165) is 10.6 Å². The fourth-order valence-corrected chi connectivity index (χ4v) is 4.32. The molecule has 2 aromatic rings. The molecule has 0 fully saturated rings. The van der Waals surface area contributed by atoms with Crippen LogP contribution in [0.4, 0.5) is 5.69 Å². The summed E-state index contributed by atoms with van der Waals surface area (Å²) in [7, 11) is -3.49. The number of thiophene rings is 1. The molecule has 0 aliphatic heterocycles. The van der Waals surface area contributed by atoms with Crippen LogP contribution in [0.25, 0.3) is 0 Å². The van der Waals surface area contributed by atoms with Crippen molar-refractivity contribution >= 4 is 38.8 Å². The summed E-state index contributed by atoms with van der Waals surface area (Å²) in [6, 6.07) is 10.7. The molecule has 0 saturated carbocycles. The molecule has 0 aliphatic carbocycles. The zero-order valence-corrected chi connectivity index (χ0v) is 12.5. The number of anilines is 1. The number of thioether (sulfide) groups is 1. The Morgan fingerprint density at radius 1 is 1.26 bits per heavy atom. The van der Waals surface area contributed by atoms with E-state index in [1.165, 1.54) is 11.3 Å². The van der Waals surface area contributed by atoms with Crippen molar-refractivity contribution in [3.05, 3.63) is 54.4 Å². The Balaban J connectivity index is 2.26. The van der Waals surface area contributed by atoms with Gasteiger partial charge in [-0.2, -0.15) is 0 Å². The normalized spacial score (nSPS) is 11.2. The van der Waals surface area contributed by atoms with E-state index in [-0.39, 0.29) is 0 Å². The molecule has 0 bridgehead atoms. The maximum atomic E-state index is 12.2. The molecule has 100 valence electrons. The molecule has 19 heavy (non-hydrogen) atoms. The van der Waals surface area contributed by atoms with E-state index >= 15 is 0 Å². The Morgan fingerprint density at radius 3 is 2.74 bits per heavy atom. The highest BCUT2D eigenvalue weighted by atomic mass is 32.2. The molecule has 0 saturated heterocycles. The van der Waals surface area contributed by atoms with Gasteiger partial charge in [0, 0.05) is 10.6 Å². The van der Waals surface area contributed by atoms with Gasteiger partial charge in [0.05, 0.1) is 5.69 Å². The fourth-order valence-electron chi connectivity index (χ4n) is 1.44. The van der Waals surface area contributed by atoms with Crippen molar-refractivity contribution in [2.45, 2.75) is 9.10 Å². The summed E-state index contributed by atoms with van der Waals surface area (Å²) in [5.74, 6) is 0.734. The number of hydrogen-bond acceptors (Lipinski definition) is 4. The lowest BCUT2D eigenvalue weighted by molar-refractivity contribution is 0.603. The van der Waals surface area contributed by atoms with E-state index in [0.29, 0.717) is 9.90 Å². The van der Waals surface area contributed by atoms with Crippen molar-refractivity contribution in [2.75, 3.05) is 10.5 Å². The highest BCUT2D eigenvalue weighted by Gasteiger charge is 2.16. The molecule has 2 rings (SSSR count). The van der Waals surface area contributed by atoms with Crippen molar-refractivity contribution < 1.29 is 8.42 Å². The van der Waals surface area contributed by atoms with Gasteiger partial charge in [0.2, 0.25) is 0 Å². The molecule has 1 heterocycles. The van der Waals surface area contributed by atoms with Gasteiger partial charge in [-0.05, 0) is 23.6 Å². The van der Waals surface area contributed by atoms with Crippen molar-refractivity contribution in [1.82, 2.24) is 0 Å². The van der Waals surface area contributed by atoms with Crippen LogP contribution in [0.15, 0.2) is 63.5 Å². The van der Waals surface area contributed by atoms with Crippen LogP contribution in [0.2, 0.25) is 0 Å². The molecule has 0 unspecified atom stereocenters. The standard InChI is InChI=1S/C13H13NO2S3/c1-2-9-17-12-7-4-3-6-11(12)14-19(15,16)13-8-5-10-18-13/h2-8,10,14H,1,9H2. The van der Waals surface area contributed by atoms with Gasteiger partial charge in [-0.1, -0.05) is 24.3 Å². The van der Waals surface area contributed by atoms with E-state index in [1.54, 1.807) is 41.4 Å². The fraction of sp³-hybridized carbons (Fsp3) is 0.0769. The number of rotatable bonds is 6. The third kappa shape index (κ3) is 3.62. The topological polar surface area (TPSA) is 46.2 Å². The molecule has 1 aromatic heterocycles. The first kappa shape index (κ1) is 14.2. The molecule has 1 N–H and O–H groups in total. The highest BCUT2D eigenvalue weighted by molar-refractivity contribution is 7.99. The van der Waals surface area contributed by atoms with Crippen LogP contribution in [0, 0.1) is 0 Å². The first-order chi connectivity index (χ1) is 9.13. The molecular weight excluding hydrogens is 298 g/mol. The second kappa shape index (κ2) is 6.27. The second-order valence-electron chi connectivity index (χ2n) is 3.63. The van der Waals surface area contributed by atoms with Gasteiger partial charge in [-0.3, -0.25) is 4.72 Å². The number of sulfonamides is 1. The zero-order chi connectivity index (χ0) is 13.7. The molecule has 3 nitrogen and oxygen atoms in total. The Hall–Kier alpha value is -1.24. The molecule has 6 heteroatoms. The van der Waals surface area contributed by atoms with Crippen LogP contribution in [0.3, 0.4) is 0 Å². The minimum Gasteiger partial charge on any atom is -0.278 e. The largest absolute Gasteiger partial charge is 0.278 e. The average molecular weight is 311 g/mol. The van der Waals surface area contributed by atoms with E-state index in [2.05, 4.69) is 11.3 Å². The lowest BCUT2D eigenvalue weighted by atomic mass is 10.3. The highest BCUT2D eigenvalue weighted by Crippen LogP contribution is 2.29. The summed E-state index contributed by atoms with van der Waals surface area (Å²) >= 11 is 2.74. The van der Waals surface area contributed by atoms with Gasteiger partial charge in [-0.15, -0.1) is 29.7 Å². The van der Waals surface area contributed by atoms with Crippen LogP contribution in [0.5, 0.6) is 0 Å². The van der Waals surface area contributed by atoms with E-state index in [4.69, 9.17) is 0 Å². The summed E-state index contributed by atoms with van der Waals surface area (Å²) < 4.78 is 27.3. The Kier molecular flexibility index (Phi) is 4.68. The number of nitrogens with one attached hydrogen (secondary N) is 1. The van der Waals surface area contributed by atoms with Crippen molar-refractivity contribution in [1.29, 1.82) is 0 Å². The van der Waals surface area contributed by atoms with Crippen LogP contribution in [-0.2, 0) is 10.0 Å². The lowest BCUT2D eigenvalue weighted by Gasteiger charge is -2.10. The van der Waals surface area contributed by atoms with Crippen LogP contribution < -0.4 is 4.72 Å². The minimum atomic E-state index is -3.49. The molecule has 0 amide bonds. The van der Waals surface area contributed by atoms with Crippen molar-refractivity contribution in [3.63, 3.8) is 0 Å². The van der Waals surface area contributed by atoms with E-state index in [9.17, 15) is 8.42 Å². The molecule has 0 spiro atoms. The first-order valence-corrected chi connectivity index (χ1v) is 8.87. The van der Waals surface area contributed by atoms with Gasteiger partial charge < -0.3 is 0 Å². The number of hydrogen-bond donors (Lipinski definition) is 1. The van der Waals surface area contributed by atoms with Gasteiger partial charge in [0.1, 0.15) is 4.21 Å². The smallest absolute Gasteiger partial charge is 0.271 e.